The average molecular weight is 559 g/mol. The number of hydrogen-bond donors (Lipinski definition) is 1. The van der Waals surface area contributed by atoms with E-state index in [1.54, 1.807) is 43.5 Å². The second-order valence-corrected chi connectivity index (χ2v) is 12.0. The number of halogens is 1. The molecule has 1 heterocycles. The number of sulfonamides is 1. The number of carbonyl (C=O) groups excluding carboxylic acids is 1. The van der Waals surface area contributed by atoms with E-state index >= 15 is 0 Å². The third-order valence-electron chi connectivity index (χ3n) is 6.33. The van der Waals surface area contributed by atoms with Gasteiger partial charge in [-0.05, 0) is 63.2 Å². The van der Waals surface area contributed by atoms with Crippen LogP contribution in [0, 0.1) is 6.92 Å². The Morgan fingerprint density at radius 2 is 1.79 bits per heavy atom. The fourth-order valence-corrected chi connectivity index (χ4v) is 6.09. The Hall–Kier alpha value is -3.43. The molecule has 1 atom stereocenters. The van der Waals surface area contributed by atoms with Crippen molar-refractivity contribution < 1.29 is 27.4 Å². The third kappa shape index (κ3) is 5.84. The summed E-state index contributed by atoms with van der Waals surface area (Å²) in [6, 6.07) is 16.1. The van der Waals surface area contributed by atoms with Gasteiger partial charge < -0.3 is 19.5 Å². The molecule has 1 aliphatic rings. The van der Waals surface area contributed by atoms with Crippen molar-refractivity contribution in [2.75, 3.05) is 25.1 Å². The van der Waals surface area contributed by atoms with Crippen molar-refractivity contribution in [2.45, 2.75) is 43.7 Å². The summed E-state index contributed by atoms with van der Waals surface area (Å²) in [5.41, 5.74) is 1.38. The highest BCUT2D eigenvalue weighted by molar-refractivity contribution is 7.92. The highest BCUT2D eigenvalue weighted by Crippen LogP contribution is 2.41. The quantitative estimate of drug-likeness (QED) is 0.404. The molecule has 0 aromatic heterocycles. The zero-order chi connectivity index (χ0) is 27.7. The fraction of sp³-hybridized carbons (Fsp3) is 0.321. The number of methoxy groups -OCH3 is 2. The van der Waals surface area contributed by atoms with Crippen molar-refractivity contribution >= 4 is 33.2 Å². The topological polar surface area (TPSA) is 94.2 Å². The molecule has 0 aliphatic carbocycles. The summed E-state index contributed by atoms with van der Waals surface area (Å²) in [6.07, 6.45) is 0.497. The van der Waals surface area contributed by atoms with Gasteiger partial charge in [0.2, 0.25) is 5.91 Å². The lowest BCUT2D eigenvalue weighted by Gasteiger charge is -2.38. The van der Waals surface area contributed by atoms with Gasteiger partial charge >= 0.3 is 0 Å². The molecular formula is C28H31ClN2O6S. The van der Waals surface area contributed by atoms with Gasteiger partial charge in [0.05, 0.1) is 35.9 Å². The smallest absolute Gasteiger partial charge is 0.264 e. The molecule has 3 aromatic rings. The van der Waals surface area contributed by atoms with Crippen LogP contribution in [-0.4, -0.2) is 40.7 Å². The van der Waals surface area contributed by atoms with Crippen LogP contribution in [0.15, 0.2) is 65.6 Å². The minimum atomic E-state index is -4.10. The number of nitrogens with one attached hydrogen (secondary N) is 1. The van der Waals surface area contributed by atoms with Crippen LogP contribution in [0.3, 0.4) is 0 Å². The lowest BCUT2D eigenvalue weighted by atomic mass is 9.89. The maximum absolute atomic E-state index is 13.7. The first-order valence-electron chi connectivity index (χ1n) is 12.0. The number of rotatable bonds is 8. The van der Waals surface area contributed by atoms with E-state index in [9.17, 15) is 13.2 Å². The molecule has 0 spiro atoms. The van der Waals surface area contributed by atoms with Crippen LogP contribution in [0.2, 0.25) is 5.02 Å². The Morgan fingerprint density at radius 1 is 1.08 bits per heavy atom. The molecule has 38 heavy (non-hydrogen) atoms. The Morgan fingerprint density at radius 3 is 2.42 bits per heavy atom. The summed E-state index contributed by atoms with van der Waals surface area (Å²) in [5.74, 6) is 1.16. The summed E-state index contributed by atoms with van der Waals surface area (Å²) in [6.45, 7) is 5.28. The maximum atomic E-state index is 13.7. The van der Waals surface area contributed by atoms with E-state index in [1.165, 1.54) is 25.3 Å². The van der Waals surface area contributed by atoms with Crippen molar-refractivity contribution in [2.24, 2.45) is 0 Å². The van der Waals surface area contributed by atoms with Crippen LogP contribution in [0.1, 0.15) is 37.4 Å². The van der Waals surface area contributed by atoms with Gasteiger partial charge in [-0.25, -0.2) is 8.42 Å². The second-order valence-electron chi connectivity index (χ2n) is 9.73. The lowest BCUT2D eigenvalue weighted by molar-refractivity contribution is -0.120. The zero-order valence-electron chi connectivity index (χ0n) is 21.9. The Bertz CT molecular complexity index is 1440. The number of aryl methyl sites for hydroxylation is 1. The second kappa shape index (κ2) is 10.7. The predicted molar refractivity (Wildman–Crippen MR) is 147 cm³/mol. The molecule has 0 saturated carbocycles. The first-order valence-corrected chi connectivity index (χ1v) is 13.8. The predicted octanol–water partition coefficient (Wildman–Crippen LogP) is 5.28. The molecular weight excluding hydrogens is 528 g/mol. The number of ether oxygens (including phenoxy) is 3. The molecule has 0 fully saturated rings. The van der Waals surface area contributed by atoms with Gasteiger partial charge in [0, 0.05) is 18.1 Å². The molecule has 202 valence electrons. The minimum Gasteiger partial charge on any atom is -0.497 e. The van der Waals surface area contributed by atoms with E-state index < -0.39 is 34.1 Å². The average Bonchev–Trinajstić information content (AvgIpc) is 2.86. The van der Waals surface area contributed by atoms with Crippen molar-refractivity contribution in [1.82, 2.24) is 5.32 Å². The van der Waals surface area contributed by atoms with Crippen LogP contribution in [0.25, 0.3) is 0 Å². The van der Waals surface area contributed by atoms with Crippen molar-refractivity contribution in [3.8, 4) is 17.2 Å². The lowest BCUT2D eigenvalue weighted by Crippen LogP contribution is -2.45. The third-order valence-corrected chi connectivity index (χ3v) is 8.42. The van der Waals surface area contributed by atoms with E-state index in [2.05, 4.69) is 5.32 Å². The van der Waals surface area contributed by atoms with Crippen LogP contribution in [0.4, 0.5) is 5.69 Å². The van der Waals surface area contributed by atoms with Gasteiger partial charge in [0.15, 0.2) is 0 Å². The van der Waals surface area contributed by atoms with Crippen molar-refractivity contribution in [3.63, 3.8) is 0 Å². The summed E-state index contributed by atoms with van der Waals surface area (Å²) in [4.78, 5) is 13.5. The van der Waals surface area contributed by atoms with Crippen LogP contribution in [0.5, 0.6) is 17.2 Å². The van der Waals surface area contributed by atoms with Gasteiger partial charge in [0.25, 0.3) is 10.0 Å². The SMILES string of the molecule is COc1ccc2c(c1)OC(C)(C)CC2NC(=O)CN(c1ccc(OC)c(Cl)c1)S(=O)(=O)c1ccc(C)cc1. The highest BCUT2D eigenvalue weighted by Gasteiger charge is 2.36. The monoisotopic (exact) mass is 558 g/mol. The maximum Gasteiger partial charge on any atom is 0.264 e. The van der Waals surface area contributed by atoms with Crippen LogP contribution >= 0.6 is 11.6 Å². The van der Waals surface area contributed by atoms with Gasteiger partial charge in [0.1, 0.15) is 29.4 Å². The Labute approximate surface area is 228 Å². The number of anilines is 1. The standard InChI is InChI=1S/C28H31ClN2O6S/c1-18-6-10-21(11-7-18)38(33,34)31(19-8-13-25(36-5)23(29)14-19)17-27(32)30-24-16-28(2,3)37-26-15-20(35-4)9-12-22(24)26/h6-15,24H,16-17H2,1-5H3,(H,30,32). The Kier molecular flexibility index (Phi) is 7.80. The molecule has 3 aromatic carbocycles. The van der Waals surface area contributed by atoms with E-state index in [1.807, 2.05) is 26.8 Å². The highest BCUT2D eigenvalue weighted by atomic mass is 35.5. The van der Waals surface area contributed by atoms with Gasteiger partial charge in [-0.15, -0.1) is 0 Å². The van der Waals surface area contributed by atoms with E-state index in [0.717, 1.165) is 15.4 Å². The molecule has 1 unspecified atom stereocenters. The normalized spacial score (nSPS) is 16.1. The molecule has 1 N–H and O–H groups in total. The number of fused-ring (bicyclic) bond motifs is 1. The molecule has 10 heteroatoms. The van der Waals surface area contributed by atoms with E-state index in [-0.39, 0.29) is 15.6 Å². The summed E-state index contributed by atoms with van der Waals surface area (Å²) in [5, 5.41) is 3.24. The first kappa shape index (κ1) is 27.6. The van der Waals surface area contributed by atoms with Crippen molar-refractivity contribution in [1.29, 1.82) is 0 Å². The molecule has 0 bridgehead atoms. The Balaban J connectivity index is 1.67. The molecule has 1 amide bonds. The molecule has 0 saturated heterocycles. The summed E-state index contributed by atoms with van der Waals surface area (Å²) >= 11 is 6.32. The summed E-state index contributed by atoms with van der Waals surface area (Å²) < 4.78 is 45.2. The number of carbonyl (C=O) groups is 1. The van der Waals surface area contributed by atoms with Crippen LogP contribution < -0.4 is 23.8 Å². The van der Waals surface area contributed by atoms with Gasteiger partial charge in [-0.2, -0.15) is 0 Å². The van der Waals surface area contributed by atoms with Gasteiger partial charge in [-0.3, -0.25) is 9.10 Å². The van der Waals surface area contributed by atoms with E-state index in [4.69, 9.17) is 25.8 Å². The molecule has 8 nitrogen and oxygen atoms in total. The first-order chi connectivity index (χ1) is 17.9. The molecule has 4 rings (SSSR count). The number of hydrogen-bond acceptors (Lipinski definition) is 6. The molecule has 1 aliphatic heterocycles. The van der Waals surface area contributed by atoms with Gasteiger partial charge in [-0.1, -0.05) is 29.3 Å². The minimum absolute atomic E-state index is 0.0625. The van der Waals surface area contributed by atoms with Crippen molar-refractivity contribution in [3.05, 3.63) is 76.8 Å². The van der Waals surface area contributed by atoms with E-state index in [0.29, 0.717) is 23.7 Å². The van der Waals surface area contributed by atoms with Crippen LogP contribution in [-0.2, 0) is 14.8 Å². The number of amides is 1. The number of nitrogens with zero attached hydrogens (tertiary/aromatic N) is 1. The fourth-order valence-electron chi connectivity index (χ4n) is 4.42. The zero-order valence-corrected chi connectivity index (χ0v) is 23.5. The summed E-state index contributed by atoms with van der Waals surface area (Å²) in [7, 11) is -1.06. The number of benzene rings is 3. The molecule has 0 radical (unpaired) electrons. The largest absolute Gasteiger partial charge is 0.497 e.